The molecule has 0 saturated carbocycles. The Hall–Kier alpha value is -1.22. The number of methoxy groups -OCH3 is 1. The van der Waals surface area contributed by atoms with Crippen molar-refractivity contribution in [1.82, 2.24) is 0 Å². The van der Waals surface area contributed by atoms with Crippen LogP contribution >= 0.6 is 0 Å². The standard InChI is InChI=1S/C16H28N2O/c1-16(2,3)9-12-18(11-6-10-17)14-7-5-8-15(13-14)19-4/h5,7-8,13H,6,9-12,17H2,1-4H3. The van der Waals surface area contributed by atoms with Crippen molar-refractivity contribution in [3.8, 4) is 5.75 Å². The molecule has 19 heavy (non-hydrogen) atoms. The van der Waals surface area contributed by atoms with E-state index >= 15 is 0 Å². The summed E-state index contributed by atoms with van der Waals surface area (Å²) in [5.74, 6) is 0.908. The maximum absolute atomic E-state index is 5.64. The molecule has 0 unspecified atom stereocenters. The quantitative estimate of drug-likeness (QED) is 0.821. The third kappa shape index (κ3) is 5.97. The smallest absolute Gasteiger partial charge is 0.120 e. The first-order valence-corrected chi connectivity index (χ1v) is 7.05. The fourth-order valence-electron chi connectivity index (χ4n) is 1.93. The van der Waals surface area contributed by atoms with E-state index in [0.717, 1.165) is 38.2 Å². The maximum atomic E-state index is 5.64. The third-order valence-corrected chi connectivity index (χ3v) is 3.18. The monoisotopic (exact) mass is 264 g/mol. The number of hydrogen-bond donors (Lipinski definition) is 1. The van der Waals surface area contributed by atoms with E-state index in [9.17, 15) is 0 Å². The number of benzene rings is 1. The van der Waals surface area contributed by atoms with Gasteiger partial charge in [0.25, 0.3) is 0 Å². The molecule has 0 bridgehead atoms. The van der Waals surface area contributed by atoms with Crippen LogP contribution in [-0.4, -0.2) is 26.7 Å². The Balaban J connectivity index is 2.76. The lowest BCUT2D eigenvalue weighted by Crippen LogP contribution is -2.29. The Morgan fingerprint density at radius 3 is 2.53 bits per heavy atom. The molecule has 3 nitrogen and oxygen atoms in total. The average molecular weight is 264 g/mol. The summed E-state index contributed by atoms with van der Waals surface area (Å²) in [7, 11) is 1.71. The molecule has 0 fully saturated rings. The van der Waals surface area contributed by atoms with Gasteiger partial charge in [-0.1, -0.05) is 26.8 Å². The number of nitrogens with two attached hydrogens (primary N) is 1. The average Bonchev–Trinajstić information content (AvgIpc) is 2.38. The van der Waals surface area contributed by atoms with Gasteiger partial charge in [-0.2, -0.15) is 0 Å². The number of anilines is 1. The summed E-state index contributed by atoms with van der Waals surface area (Å²) in [6, 6.07) is 8.26. The molecule has 1 aromatic rings. The van der Waals surface area contributed by atoms with Crippen molar-refractivity contribution in [3.05, 3.63) is 24.3 Å². The summed E-state index contributed by atoms with van der Waals surface area (Å²) in [5.41, 5.74) is 7.21. The van der Waals surface area contributed by atoms with E-state index in [4.69, 9.17) is 10.5 Å². The van der Waals surface area contributed by atoms with Crippen LogP contribution in [-0.2, 0) is 0 Å². The molecular weight excluding hydrogens is 236 g/mol. The first-order valence-electron chi connectivity index (χ1n) is 7.05. The van der Waals surface area contributed by atoms with E-state index in [1.165, 1.54) is 5.69 Å². The van der Waals surface area contributed by atoms with Gasteiger partial charge in [0.1, 0.15) is 5.75 Å². The lowest BCUT2D eigenvalue weighted by molar-refractivity contribution is 0.378. The Bertz CT molecular complexity index is 371. The molecule has 0 aliphatic carbocycles. The van der Waals surface area contributed by atoms with Crippen molar-refractivity contribution in [2.45, 2.75) is 33.6 Å². The third-order valence-electron chi connectivity index (χ3n) is 3.18. The lowest BCUT2D eigenvalue weighted by Gasteiger charge is -2.29. The molecule has 0 atom stereocenters. The van der Waals surface area contributed by atoms with Crippen molar-refractivity contribution >= 4 is 5.69 Å². The van der Waals surface area contributed by atoms with Crippen LogP contribution in [0.15, 0.2) is 24.3 Å². The highest BCUT2D eigenvalue weighted by molar-refractivity contribution is 5.50. The zero-order chi connectivity index (χ0) is 14.3. The summed E-state index contributed by atoms with van der Waals surface area (Å²) in [6.45, 7) is 9.62. The topological polar surface area (TPSA) is 38.5 Å². The highest BCUT2D eigenvalue weighted by Gasteiger charge is 2.14. The summed E-state index contributed by atoms with van der Waals surface area (Å²) in [5, 5.41) is 0. The number of ether oxygens (including phenoxy) is 1. The van der Waals surface area contributed by atoms with Crippen LogP contribution < -0.4 is 15.4 Å². The van der Waals surface area contributed by atoms with Gasteiger partial charge in [-0.05, 0) is 36.9 Å². The predicted octanol–water partition coefficient (Wildman–Crippen LogP) is 3.29. The van der Waals surface area contributed by atoms with E-state index in [0.29, 0.717) is 5.41 Å². The van der Waals surface area contributed by atoms with E-state index in [1.54, 1.807) is 7.11 Å². The van der Waals surface area contributed by atoms with E-state index < -0.39 is 0 Å². The van der Waals surface area contributed by atoms with Gasteiger partial charge in [-0.25, -0.2) is 0 Å². The fourth-order valence-corrected chi connectivity index (χ4v) is 1.93. The van der Waals surface area contributed by atoms with Crippen LogP contribution in [0, 0.1) is 5.41 Å². The molecule has 3 heteroatoms. The molecular formula is C16H28N2O. The molecule has 0 spiro atoms. The van der Waals surface area contributed by atoms with Crippen molar-refractivity contribution in [2.24, 2.45) is 11.1 Å². The van der Waals surface area contributed by atoms with Crippen molar-refractivity contribution in [1.29, 1.82) is 0 Å². The Morgan fingerprint density at radius 1 is 1.21 bits per heavy atom. The second kappa shape index (κ2) is 7.39. The van der Waals surface area contributed by atoms with Crippen LogP contribution in [0.5, 0.6) is 5.75 Å². The van der Waals surface area contributed by atoms with Gasteiger partial charge in [-0.3, -0.25) is 0 Å². The van der Waals surface area contributed by atoms with E-state index in [-0.39, 0.29) is 0 Å². The largest absolute Gasteiger partial charge is 0.497 e. The second-order valence-electron chi connectivity index (χ2n) is 6.14. The van der Waals surface area contributed by atoms with Gasteiger partial charge in [0, 0.05) is 24.8 Å². The second-order valence-corrected chi connectivity index (χ2v) is 6.14. The van der Waals surface area contributed by atoms with Crippen molar-refractivity contribution < 1.29 is 4.74 Å². The zero-order valence-corrected chi connectivity index (χ0v) is 12.8. The Kier molecular flexibility index (Phi) is 6.16. The zero-order valence-electron chi connectivity index (χ0n) is 12.8. The Labute approximate surface area is 117 Å². The first-order chi connectivity index (χ1) is 8.96. The minimum absolute atomic E-state index is 0.347. The normalized spacial score (nSPS) is 11.4. The minimum atomic E-state index is 0.347. The molecule has 0 saturated heterocycles. The summed E-state index contributed by atoms with van der Waals surface area (Å²) in [6.07, 6.45) is 2.18. The van der Waals surface area contributed by atoms with Gasteiger partial charge >= 0.3 is 0 Å². The van der Waals surface area contributed by atoms with Gasteiger partial charge in [0.2, 0.25) is 0 Å². The molecule has 0 aliphatic heterocycles. The van der Waals surface area contributed by atoms with Gasteiger partial charge < -0.3 is 15.4 Å². The molecule has 2 N–H and O–H groups in total. The molecule has 108 valence electrons. The summed E-state index contributed by atoms with van der Waals surface area (Å²) in [4.78, 5) is 2.40. The molecule has 0 amide bonds. The lowest BCUT2D eigenvalue weighted by atomic mass is 9.92. The molecule has 0 radical (unpaired) electrons. The highest BCUT2D eigenvalue weighted by Crippen LogP contribution is 2.24. The van der Waals surface area contributed by atoms with E-state index in [1.807, 2.05) is 12.1 Å². The van der Waals surface area contributed by atoms with Gasteiger partial charge in [0.15, 0.2) is 0 Å². The van der Waals surface area contributed by atoms with Crippen LogP contribution in [0.2, 0.25) is 0 Å². The van der Waals surface area contributed by atoms with Crippen LogP contribution in [0.4, 0.5) is 5.69 Å². The van der Waals surface area contributed by atoms with Crippen molar-refractivity contribution in [3.63, 3.8) is 0 Å². The van der Waals surface area contributed by atoms with Crippen LogP contribution in [0.3, 0.4) is 0 Å². The van der Waals surface area contributed by atoms with Gasteiger partial charge in [0.05, 0.1) is 7.11 Å². The number of nitrogens with zero attached hydrogens (tertiary/aromatic N) is 1. The number of hydrogen-bond acceptors (Lipinski definition) is 3. The molecule has 0 aromatic heterocycles. The Morgan fingerprint density at radius 2 is 1.95 bits per heavy atom. The molecule has 0 heterocycles. The first kappa shape index (κ1) is 15.8. The van der Waals surface area contributed by atoms with Crippen LogP contribution in [0.25, 0.3) is 0 Å². The fraction of sp³-hybridized carbons (Fsp3) is 0.625. The molecule has 0 aliphatic rings. The minimum Gasteiger partial charge on any atom is -0.497 e. The molecule has 1 aromatic carbocycles. The summed E-state index contributed by atoms with van der Waals surface area (Å²) >= 11 is 0. The predicted molar refractivity (Wildman–Crippen MR) is 83.0 cm³/mol. The van der Waals surface area contributed by atoms with E-state index in [2.05, 4.69) is 37.8 Å². The van der Waals surface area contributed by atoms with Gasteiger partial charge in [-0.15, -0.1) is 0 Å². The maximum Gasteiger partial charge on any atom is 0.120 e. The number of rotatable bonds is 7. The van der Waals surface area contributed by atoms with Crippen LogP contribution in [0.1, 0.15) is 33.6 Å². The highest BCUT2D eigenvalue weighted by atomic mass is 16.5. The van der Waals surface area contributed by atoms with Crippen molar-refractivity contribution in [2.75, 3.05) is 31.6 Å². The summed E-state index contributed by atoms with van der Waals surface area (Å²) < 4.78 is 5.30. The molecule has 1 rings (SSSR count). The SMILES string of the molecule is COc1cccc(N(CCCN)CCC(C)(C)C)c1.